The largest absolute Gasteiger partial charge is 0.506 e. The van der Waals surface area contributed by atoms with Crippen molar-refractivity contribution in [2.45, 2.75) is 53.1 Å². The van der Waals surface area contributed by atoms with E-state index in [9.17, 15) is 5.11 Å². The first kappa shape index (κ1) is 17.0. The second-order valence-corrected chi connectivity index (χ2v) is 8.59. The first-order valence-corrected chi connectivity index (χ1v) is 8.01. The van der Waals surface area contributed by atoms with Gasteiger partial charge in [0.2, 0.25) is 0 Å². The lowest BCUT2D eigenvalue weighted by atomic mass is 9.82. The Bertz CT molecular complexity index is 427. The highest BCUT2D eigenvalue weighted by atomic mass is 79.9. The normalized spacial score (nSPS) is 12.8. The predicted molar refractivity (Wildman–Crippen MR) is 88.5 cm³/mol. The van der Waals surface area contributed by atoms with Crippen LogP contribution in [0.4, 0.5) is 0 Å². The quantitative estimate of drug-likeness (QED) is 0.735. The Morgan fingerprint density at radius 1 is 1.05 bits per heavy atom. The van der Waals surface area contributed by atoms with Crippen LogP contribution in [-0.4, -0.2) is 10.6 Å². The van der Waals surface area contributed by atoms with Gasteiger partial charge in [0.05, 0.1) is 8.95 Å². The second-order valence-electron chi connectivity index (χ2n) is 6.88. The monoisotopic (exact) mass is 391 g/mol. The Balaban J connectivity index is 2.72. The van der Waals surface area contributed by atoms with Crippen LogP contribution in [0.1, 0.15) is 46.6 Å². The van der Waals surface area contributed by atoms with E-state index < -0.39 is 0 Å². The fraction of sp³-hybridized carbons (Fsp3) is 0.600. The average molecular weight is 393 g/mol. The molecule has 1 aromatic rings. The lowest BCUT2D eigenvalue weighted by Gasteiger charge is -2.33. The lowest BCUT2D eigenvalue weighted by Crippen LogP contribution is -2.41. The van der Waals surface area contributed by atoms with Gasteiger partial charge in [-0.3, -0.25) is 0 Å². The summed E-state index contributed by atoms with van der Waals surface area (Å²) in [5, 5.41) is 13.3. The third kappa shape index (κ3) is 5.84. The molecule has 1 rings (SSSR count). The highest BCUT2D eigenvalue weighted by molar-refractivity contribution is 9.11. The molecule has 108 valence electrons. The van der Waals surface area contributed by atoms with Crippen LogP contribution >= 0.6 is 31.9 Å². The minimum atomic E-state index is 0.0785. The van der Waals surface area contributed by atoms with Crippen LogP contribution in [0.5, 0.6) is 5.75 Å². The molecular formula is C15H23Br2NO. The Kier molecular flexibility index (Phi) is 5.50. The molecule has 0 aliphatic carbocycles. The summed E-state index contributed by atoms with van der Waals surface area (Å²) in [5.74, 6) is 0.248. The highest BCUT2D eigenvalue weighted by Crippen LogP contribution is 2.33. The number of phenols is 1. The van der Waals surface area contributed by atoms with Crippen LogP contribution in [-0.2, 0) is 6.54 Å². The number of halogens is 2. The summed E-state index contributed by atoms with van der Waals surface area (Å²) in [4.78, 5) is 0. The first-order valence-electron chi connectivity index (χ1n) is 6.42. The molecule has 0 saturated carbocycles. The third-order valence-electron chi connectivity index (χ3n) is 2.82. The van der Waals surface area contributed by atoms with Gasteiger partial charge in [0.25, 0.3) is 0 Å². The molecule has 1 aromatic carbocycles. The summed E-state index contributed by atoms with van der Waals surface area (Å²) in [7, 11) is 0. The Labute approximate surface area is 133 Å². The van der Waals surface area contributed by atoms with E-state index in [0.717, 1.165) is 18.5 Å². The zero-order chi connectivity index (χ0) is 14.8. The van der Waals surface area contributed by atoms with Gasteiger partial charge in [0, 0.05) is 12.1 Å². The van der Waals surface area contributed by atoms with Crippen molar-refractivity contribution in [3.63, 3.8) is 0 Å². The molecule has 0 unspecified atom stereocenters. The SMILES string of the molecule is CC(C)(C)CC(C)(C)NCc1cc(Br)c(O)c(Br)c1. The van der Waals surface area contributed by atoms with Crippen LogP contribution in [0.15, 0.2) is 21.1 Å². The molecule has 19 heavy (non-hydrogen) atoms. The van der Waals surface area contributed by atoms with E-state index in [0.29, 0.717) is 14.4 Å². The molecule has 0 saturated heterocycles. The number of hydrogen-bond donors (Lipinski definition) is 2. The van der Waals surface area contributed by atoms with Gasteiger partial charge in [0.15, 0.2) is 0 Å². The molecule has 2 nitrogen and oxygen atoms in total. The molecule has 0 amide bonds. The molecule has 0 atom stereocenters. The molecule has 0 heterocycles. The molecule has 0 aliphatic heterocycles. The van der Waals surface area contributed by atoms with E-state index in [1.165, 1.54) is 0 Å². The van der Waals surface area contributed by atoms with Gasteiger partial charge in [-0.25, -0.2) is 0 Å². The molecule has 0 radical (unpaired) electrons. The van der Waals surface area contributed by atoms with Crippen molar-refractivity contribution in [2.75, 3.05) is 0 Å². The molecule has 0 bridgehead atoms. The van der Waals surface area contributed by atoms with Crippen LogP contribution in [0, 0.1) is 5.41 Å². The third-order valence-corrected chi connectivity index (χ3v) is 4.03. The molecule has 2 N–H and O–H groups in total. The van der Waals surface area contributed by atoms with Gasteiger partial charge in [-0.15, -0.1) is 0 Å². The first-order chi connectivity index (χ1) is 8.50. The fourth-order valence-corrected chi connectivity index (χ4v) is 3.73. The summed E-state index contributed by atoms with van der Waals surface area (Å²) in [6.45, 7) is 12.0. The van der Waals surface area contributed by atoms with Gasteiger partial charge in [0.1, 0.15) is 5.75 Å². The van der Waals surface area contributed by atoms with E-state index in [2.05, 4.69) is 71.8 Å². The number of aromatic hydroxyl groups is 1. The van der Waals surface area contributed by atoms with Crippen molar-refractivity contribution in [3.05, 3.63) is 26.6 Å². The minimum absolute atomic E-state index is 0.0785. The summed E-state index contributed by atoms with van der Waals surface area (Å²) < 4.78 is 1.43. The molecule has 0 spiro atoms. The molecule has 0 fully saturated rings. The molecule has 0 aromatic heterocycles. The van der Waals surface area contributed by atoms with Crippen molar-refractivity contribution >= 4 is 31.9 Å². The highest BCUT2D eigenvalue weighted by Gasteiger charge is 2.24. The molecule has 4 heteroatoms. The summed E-state index contributed by atoms with van der Waals surface area (Å²) in [5.41, 5.74) is 1.51. The lowest BCUT2D eigenvalue weighted by molar-refractivity contribution is 0.240. The predicted octanol–water partition coefficient (Wildman–Crippen LogP) is 5.22. The van der Waals surface area contributed by atoms with Crippen molar-refractivity contribution < 1.29 is 5.11 Å². The zero-order valence-electron chi connectivity index (χ0n) is 12.3. The van der Waals surface area contributed by atoms with E-state index in [1.54, 1.807) is 0 Å². The smallest absolute Gasteiger partial charge is 0.143 e. The van der Waals surface area contributed by atoms with Gasteiger partial charge in [-0.2, -0.15) is 0 Å². The van der Waals surface area contributed by atoms with Crippen LogP contribution in [0.2, 0.25) is 0 Å². The van der Waals surface area contributed by atoms with E-state index >= 15 is 0 Å². The number of hydrogen-bond acceptors (Lipinski definition) is 2. The second kappa shape index (κ2) is 6.15. The number of nitrogens with one attached hydrogen (secondary N) is 1. The van der Waals surface area contributed by atoms with Crippen molar-refractivity contribution in [1.29, 1.82) is 0 Å². The Morgan fingerprint density at radius 3 is 1.95 bits per heavy atom. The molecule has 0 aliphatic rings. The summed E-state index contributed by atoms with van der Waals surface area (Å²) in [6.07, 6.45) is 1.10. The number of benzene rings is 1. The van der Waals surface area contributed by atoms with Crippen LogP contribution in [0.25, 0.3) is 0 Å². The maximum atomic E-state index is 9.70. The summed E-state index contributed by atoms with van der Waals surface area (Å²) >= 11 is 6.72. The van der Waals surface area contributed by atoms with E-state index in [-0.39, 0.29) is 11.3 Å². The van der Waals surface area contributed by atoms with E-state index in [1.807, 2.05) is 12.1 Å². The number of rotatable bonds is 4. The van der Waals surface area contributed by atoms with Crippen LogP contribution in [0.3, 0.4) is 0 Å². The van der Waals surface area contributed by atoms with Crippen molar-refractivity contribution in [3.8, 4) is 5.75 Å². The fourth-order valence-electron chi connectivity index (χ4n) is 2.45. The van der Waals surface area contributed by atoms with Crippen molar-refractivity contribution in [2.24, 2.45) is 5.41 Å². The van der Waals surface area contributed by atoms with Crippen LogP contribution < -0.4 is 5.32 Å². The maximum absolute atomic E-state index is 9.70. The maximum Gasteiger partial charge on any atom is 0.143 e. The van der Waals surface area contributed by atoms with Gasteiger partial charge in [-0.1, -0.05) is 20.8 Å². The number of phenolic OH excluding ortho intramolecular Hbond substituents is 1. The zero-order valence-corrected chi connectivity index (χ0v) is 15.4. The van der Waals surface area contributed by atoms with Gasteiger partial charge in [-0.05, 0) is 75.2 Å². The van der Waals surface area contributed by atoms with Crippen molar-refractivity contribution in [1.82, 2.24) is 5.32 Å². The standard InChI is InChI=1S/C15H23Br2NO/c1-14(2,3)9-15(4,5)18-8-10-6-11(16)13(19)12(17)7-10/h6-7,18-19H,8-9H2,1-5H3. The topological polar surface area (TPSA) is 32.3 Å². The Morgan fingerprint density at radius 2 is 1.53 bits per heavy atom. The summed E-state index contributed by atoms with van der Waals surface area (Å²) in [6, 6.07) is 3.89. The van der Waals surface area contributed by atoms with Gasteiger partial charge < -0.3 is 10.4 Å². The average Bonchev–Trinajstić information content (AvgIpc) is 2.19. The Hall–Kier alpha value is -0.0600. The van der Waals surface area contributed by atoms with Gasteiger partial charge >= 0.3 is 0 Å². The molecular weight excluding hydrogens is 370 g/mol. The minimum Gasteiger partial charge on any atom is -0.506 e. The van der Waals surface area contributed by atoms with E-state index in [4.69, 9.17) is 0 Å².